The zero-order valence-corrected chi connectivity index (χ0v) is 31.6. The van der Waals surface area contributed by atoms with Crippen molar-refractivity contribution in [2.24, 2.45) is 11.3 Å². The lowest BCUT2D eigenvalue weighted by Gasteiger charge is -2.40. The second kappa shape index (κ2) is 21.3. The summed E-state index contributed by atoms with van der Waals surface area (Å²) in [6, 6.07) is 6.60. The Hall–Kier alpha value is -2.80. The van der Waals surface area contributed by atoms with Crippen LogP contribution in [0.4, 0.5) is 4.79 Å². The molecule has 0 radical (unpaired) electrons. The van der Waals surface area contributed by atoms with E-state index in [9.17, 15) is 18.9 Å². The monoisotopic (exact) mass is 693 g/mol. The number of carboxylic acid groups (broad SMARTS) is 1. The van der Waals surface area contributed by atoms with Crippen molar-refractivity contribution in [3.63, 3.8) is 0 Å². The molecule has 1 aromatic rings. The highest BCUT2D eigenvalue weighted by Crippen LogP contribution is 2.30. The molecule has 6 unspecified atom stereocenters. The molecule has 0 aliphatic carbocycles. The van der Waals surface area contributed by atoms with Crippen LogP contribution in [0.15, 0.2) is 41.3 Å². The number of unbranched alkanes of at least 4 members (excludes halogenated alkanes) is 3. The van der Waals surface area contributed by atoms with Crippen molar-refractivity contribution in [3.8, 4) is 0 Å². The third kappa shape index (κ3) is 13.6. The van der Waals surface area contributed by atoms with Gasteiger partial charge in [0, 0.05) is 31.7 Å². The van der Waals surface area contributed by atoms with Gasteiger partial charge in [0.1, 0.15) is 16.7 Å². The Morgan fingerprint density at radius 2 is 1.77 bits per heavy atom. The standard InChI is InChI=1S/C33H55N5O4S.C2H6.CH2O2/c1-8-9-10-11-12-16-24(2)25(3)36-33(7,41)29-19-15-20-38(29)30(39)21-34-31(40)35-28(32(4,5)6)23-37-22-26-17-13-14-18-27(26)43(37)42;1-2;2-1-3/h12-14,16-18,24-25,28-29,36,41H,8-11,15,19-23H2,1-7H3,(H2,34,35,40);1-2H3;1H,(H,2,3)/b16-12-;;. The topological polar surface area (TPSA) is 151 Å². The Morgan fingerprint density at radius 1 is 1.12 bits per heavy atom. The number of carbonyl (C=O) groups is 3. The SMILES string of the molecule is CC.CCCCC/C=C\C(C)C(C)NC(C)(O)C1CCCN1C(=O)CNC(=O)NC(CN1Cc2ccccc2S1=O)C(C)(C)C.O=CO. The van der Waals surface area contributed by atoms with Crippen molar-refractivity contribution < 1.29 is 28.8 Å². The zero-order valence-electron chi connectivity index (χ0n) is 30.8. The molecule has 2 heterocycles. The van der Waals surface area contributed by atoms with Crippen molar-refractivity contribution >= 4 is 29.4 Å². The van der Waals surface area contributed by atoms with Crippen LogP contribution in [0, 0.1) is 11.3 Å². The molecule has 5 N–H and O–H groups in total. The highest BCUT2D eigenvalue weighted by atomic mass is 32.2. The first-order chi connectivity index (χ1) is 22.7. The number of hydrogen-bond acceptors (Lipinski definition) is 6. The molecule has 11 nitrogen and oxygen atoms in total. The van der Waals surface area contributed by atoms with E-state index in [-0.39, 0.29) is 48.4 Å². The number of carbonyl (C=O) groups excluding carboxylic acids is 2. The van der Waals surface area contributed by atoms with Crippen LogP contribution in [0.3, 0.4) is 0 Å². The van der Waals surface area contributed by atoms with Gasteiger partial charge in [-0.05, 0) is 62.5 Å². The fourth-order valence-electron chi connectivity index (χ4n) is 5.86. The first-order valence-electron chi connectivity index (χ1n) is 17.5. The van der Waals surface area contributed by atoms with Crippen LogP contribution < -0.4 is 16.0 Å². The van der Waals surface area contributed by atoms with E-state index in [1.807, 2.05) is 63.2 Å². The van der Waals surface area contributed by atoms with Crippen LogP contribution in [0.2, 0.25) is 0 Å². The minimum Gasteiger partial charge on any atom is -0.483 e. The number of benzene rings is 1. The fourth-order valence-corrected chi connectivity index (χ4v) is 7.23. The molecule has 2 aliphatic rings. The van der Waals surface area contributed by atoms with E-state index >= 15 is 0 Å². The van der Waals surface area contributed by atoms with Crippen LogP contribution in [-0.4, -0.2) is 85.5 Å². The number of nitrogens with zero attached hydrogens (tertiary/aromatic N) is 2. The van der Waals surface area contributed by atoms with E-state index in [1.165, 1.54) is 19.3 Å². The van der Waals surface area contributed by atoms with E-state index < -0.39 is 22.7 Å². The maximum Gasteiger partial charge on any atom is 0.315 e. The molecule has 0 spiro atoms. The molecular formula is C36H63N5O6S. The minimum absolute atomic E-state index is 0.0194. The molecule has 0 aromatic heterocycles. The Labute approximate surface area is 291 Å². The number of aliphatic hydroxyl groups is 1. The summed E-state index contributed by atoms with van der Waals surface area (Å²) in [5.74, 6) is 0.00610. The van der Waals surface area contributed by atoms with Crippen molar-refractivity contribution in [1.82, 2.24) is 25.2 Å². The molecule has 1 aromatic carbocycles. The van der Waals surface area contributed by atoms with E-state index in [0.29, 0.717) is 26.1 Å². The molecule has 6 atom stereocenters. The third-order valence-electron chi connectivity index (χ3n) is 8.82. The van der Waals surface area contributed by atoms with Gasteiger partial charge in [-0.15, -0.1) is 0 Å². The van der Waals surface area contributed by atoms with Gasteiger partial charge in [0.15, 0.2) is 0 Å². The number of hydrogen-bond donors (Lipinski definition) is 5. The molecule has 48 heavy (non-hydrogen) atoms. The normalized spacial score (nSPS) is 20.7. The summed E-state index contributed by atoms with van der Waals surface area (Å²) in [6.45, 7) is 19.3. The fraction of sp³-hybridized carbons (Fsp3) is 0.694. The number of likely N-dealkylation sites (tertiary alicyclic amines) is 1. The van der Waals surface area contributed by atoms with Gasteiger partial charge in [0.2, 0.25) is 5.91 Å². The van der Waals surface area contributed by atoms with Gasteiger partial charge in [-0.25, -0.2) is 13.3 Å². The summed E-state index contributed by atoms with van der Waals surface area (Å²) in [6.07, 6.45) is 10.6. The van der Waals surface area contributed by atoms with Crippen LogP contribution in [0.5, 0.6) is 0 Å². The average molecular weight is 694 g/mol. The highest BCUT2D eigenvalue weighted by Gasteiger charge is 2.42. The molecule has 1 fully saturated rings. The minimum atomic E-state index is -1.27. The molecule has 2 aliphatic heterocycles. The molecule has 274 valence electrons. The van der Waals surface area contributed by atoms with Crippen molar-refractivity contribution in [1.29, 1.82) is 0 Å². The van der Waals surface area contributed by atoms with E-state index in [4.69, 9.17) is 9.90 Å². The van der Waals surface area contributed by atoms with Gasteiger partial charge >= 0.3 is 6.03 Å². The Balaban J connectivity index is 0.00000218. The van der Waals surface area contributed by atoms with E-state index in [1.54, 1.807) is 11.8 Å². The number of allylic oxidation sites excluding steroid dienone is 1. The lowest BCUT2D eigenvalue weighted by Crippen LogP contribution is -2.62. The van der Waals surface area contributed by atoms with E-state index in [0.717, 1.165) is 23.3 Å². The quantitative estimate of drug-likeness (QED) is 0.0756. The number of amides is 3. The lowest BCUT2D eigenvalue weighted by atomic mass is 9.86. The van der Waals surface area contributed by atoms with Crippen LogP contribution in [0.25, 0.3) is 0 Å². The molecule has 12 heteroatoms. The summed E-state index contributed by atoms with van der Waals surface area (Å²) in [7, 11) is -1.27. The molecular weight excluding hydrogens is 630 g/mol. The first-order valence-corrected chi connectivity index (χ1v) is 18.6. The summed E-state index contributed by atoms with van der Waals surface area (Å²) in [5, 5.41) is 27.5. The van der Waals surface area contributed by atoms with Crippen molar-refractivity contribution in [2.45, 2.75) is 136 Å². The van der Waals surface area contributed by atoms with Crippen molar-refractivity contribution in [3.05, 3.63) is 42.0 Å². The maximum atomic E-state index is 13.3. The Bertz CT molecular complexity index is 1190. The van der Waals surface area contributed by atoms with Gasteiger partial charge in [0.25, 0.3) is 6.47 Å². The highest BCUT2D eigenvalue weighted by molar-refractivity contribution is 7.83. The third-order valence-corrected chi connectivity index (χ3v) is 10.3. The molecule has 3 amide bonds. The number of urea groups is 1. The summed E-state index contributed by atoms with van der Waals surface area (Å²) in [5.41, 5.74) is -0.529. The van der Waals surface area contributed by atoms with Gasteiger partial charge < -0.3 is 25.7 Å². The molecule has 0 bridgehead atoms. The van der Waals surface area contributed by atoms with Gasteiger partial charge in [0.05, 0.1) is 17.5 Å². The summed E-state index contributed by atoms with van der Waals surface area (Å²) < 4.78 is 14.9. The predicted octanol–water partition coefficient (Wildman–Crippen LogP) is 5.42. The Morgan fingerprint density at radius 3 is 2.38 bits per heavy atom. The number of fused-ring (bicyclic) bond motifs is 1. The molecule has 1 saturated heterocycles. The predicted molar refractivity (Wildman–Crippen MR) is 193 cm³/mol. The first kappa shape index (κ1) is 43.2. The largest absolute Gasteiger partial charge is 0.483 e. The smallest absolute Gasteiger partial charge is 0.315 e. The summed E-state index contributed by atoms with van der Waals surface area (Å²) >= 11 is 0. The van der Waals surface area contributed by atoms with Gasteiger partial charge in [-0.1, -0.05) is 91.7 Å². The average Bonchev–Trinajstić information content (AvgIpc) is 3.66. The number of nitrogens with one attached hydrogen (secondary N) is 3. The van der Waals surface area contributed by atoms with Crippen molar-refractivity contribution in [2.75, 3.05) is 19.6 Å². The maximum absolute atomic E-state index is 13.3. The van der Waals surface area contributed by atoms with Crippen LogP contribution in [-0.2, 0) is 27.1 Å². The van der Waals surface area contributed by atoms with E-state index in [2.05, 4.69) is 48.9 Å². The van der Waals surface area contributed by atoms with Crippen LogP contribution >= 0.6 is 0 Å². The summed E-state index contributed by atoms with van der Waals surface area (Å²) in [4.78, 5) is 37.1. The number of rotatable bonds is 14. The van der Waals surface area contributed by atoms with Crippen LogP contribution in [0.1, 0.15) is 106 Å². The lowest BCUT2D eigenvalue weighted by molar-refractivity contribution is -0.138. The second-order valence-electron chi connectivity index (χ2n) is 13.6. The zero-order chi connectivity index (χ0) is 36.5. The Kier molecular flexibility index (Phi) is 19.2. The van der Waals surface area contributed by atoms with Gasteiger partial charge in [-0.3, -0.25) is 14.9 Å². The second-order valence-corrected chi connectivity index (χ2v) is 15.1. The molecule has 0 saturated carbocycles. The van der Waals surface area contributed by atoms with Gasteiger partial charge in [-0.2, -0.15) is 0 Å². The molecule has 3 rings (SSSR count).